The molecule has 0 saturated carbocycles. The largest absolute Gasteiger partial charge is 0.490 e. The van der Waals surface area contributed by atoms with Crippen molar-refractivity contribution in [1.82, 2.24) is 0 Å². The van der Waals surface area contributed by atoms with Crippen LogP contribution in [0.5, 0.6) is 5.75 Å². The SMILES string of the molecule is CCCCC(CC)C(=O)c1ccc2c(c1)CC(C)O2. The van der Waals surface area contributed by atoms with E-state index in [-0.39, 0.29) is 12.0 Å². The number of carbonyl (C=O) groups excluding carboxylic acids is 1. The second-order valence-electron chi connectivity index (χ2n) is 5.57. The van der Waals surface area contributed by atoms with Gasteiger partial charge in [-0.25, -0.2) is 0 Å². The summed E-state index contributed by atoms with van der Waals surface area (Å²) >= 11 is 0. The van der Waals surface area contributed by atoms with E-state index in [4.69, 9.17) is 4.74 Å². The van der Waals surface area contributed by atoms with Gasteiger partial charge in [-0.2, -0.15) is 0 Å². The van der Waals surface area contributed by atoms with Crippen molar-refractivity contribution in [3.63, 3.8) is 0 Å². The van der Waals surface area contributed by atoms with Gasteiger partial charge in [-0.1, -0.05) is 26.7 Å². The van der Waals surface area contributed by atoms with Crippen molar-refractivity contribution in [1.29, 1.82) is 0 Å². The lowest BCUT2D eigenvalue weighted by Crippen LogP contribution is -2.14. The van der Waals surface area contributed by atoms with Crippen LogP contribution in [0.4, 0.5) is 0 Å². The van der Waals surface area contributed by atoms with Crippen molar-refractivity contribution in [3.8, 4) is 5.75 Å². The van der Waals surface area contributed by atoms with Crippen molar-refractivity contribution in [2.24, 2.45) is 5.92 Å². The van der Waals surface area contributed by atoms with Gasteiger partial charge >= 0.3 is 0 Å². The molecular weight excluding hydrogens is 236 g/mol. The molecule has 1 aromatic carbocycles. The molecule has 0 bridgehead atoms. The van der Waals surface area contributed by atoms with E-state index >= 15 is 0 Å². The van der Waals surface area contributed by atoms with Crippen LogP contribution < -0.4 is 4.74 Å². The molecule has 1 aliphatic heterocycles. The van der Waals surface area contributed by atoms with E-state index in [2.05, 4.69) is 20.8 Å². The molecule has 1 aromatic rings. The topological polar surface area (TPSA) is 26.3 Å². The van der Waals surface area contributed by atoms with Gasteiger partial charge in [0.2, 0.25) is 0 Å². The maximum absolute atomic E-state index is 12.5. The summed E-state index contributed by atoms with van der Waals surface area (Å²) in [6.45, 7) is 6.35. The number of hydrogen-bond donors (Lipinski definition) is 0. The summed E-state index contributed by atoms with van der Waals surface area (Å²) in [5, 5.41) is 0. The van der Waals surface area contributed by atoms with Gasteiger partial charge in [0.1, 0.15) is 11.9 Å². The fourth-order valence-electron chi connectivity index (χ4n) is 2.78. The highest BCUT2D eigenvalue weighted by Gasteiger charge is 2.23. The van der Waals surface area contributed by atoms with Crippen LogP contribution in [0.15, 0.2) is 18.2 Å². The average Bonchev–Trinajstić information content (AvgIpc) is 2.78. The van der Waals surface area contributed by atoms with Gasteiger partial charge in [0.15, 0.2) is 5.78 Å². The molecule has 0 aromatic heterocycles. The lowest BCUT2D eigenvalue weighted by atomic mass is 9.90. The van der Waals surface area contributed by atoms with Gasteiger partial charge in [0.25, 0.3) is 0 Å². The zero-order valence-corrected chi connectivity index (χ0v) is 12.2. The maximum Gasteiger partial charge on any atom is 0.165 e. The Hall–Kier alpha value is -1.31. The van der Waals surface area contributed by atoms with Crippen LogP contribution in [-0.4, -0.2) is 11.9 Å². The Morgan fingerprint density at radius 3 is 2.89 bits per heavy atom. The molecule has 104 valence electrons. The van der Waals surface area contributed by atoms with Crippen LogP contribution in [-0.2, 0) is 6.42 Å². The van der Waals surface area contributed by atoms with E-state index < -0.39 is 0 Å². The number of ketones is 1. The van der Waals surface area contributed by atoms with Crippen molar-refractivity contribution in [2.75, 3.05) is 0 Å². The quantitative estimate of drug-likeness (QED) is 0.708. The molecule has 2 unspecified atom stereocenters. The van der Waals surface area contributed by atoms with Crippen LogP contribution in [0.3, 0.4) is 0 Å². The lowest BCUT2D eigenvalue weighted by molar-refractivity contribution is 0.0908. The molecule has 0 radical (unpaired) electrons. The number of fused-ring (bicyclic) bond motifs is 1. The third-order valence-electron chi connectivity index (χ3n) is 3.95. The monoisotopic (exact) mass is 260 g/mol. The predicted octanol–water partition coefficient (Wildman–Crippen LogP) is 4.41. The smallest absolute Gasteiger partial charge is 0.165 e. The van der Waals surface area contributed by atoms with Crippen molar-refractivity contribution >= 4 is 5.78 Å². The highest BCUT2D eigenvalue weighted by molar-refractivity contribution is 5.98. The van der Waals surface area contributed by atoms with E-state index in [1.165, 1.54) is 5.56 Å². The fourth-order valence-corrected chi connectivity index (χ4v) is 2.78. The Kier molecular flexibility index (Phi) is 4.62. The van der Waals surface area contributed by atoms with Crippen molar-refractivity contribution in [2.45, 2.75) is 59.0 Å². The van der Waals surface area contributed by atoms with Gasteiger partial charge < -0.3 is 4.74 Å². The number of rotatable bonds is 6. The number of carbonyl (C=O) groups is 1. The number of unbranched alkanes of at least 4 members (excludes halogenated alkanes) is 1. The minimum absolute atomic E-state index is 0.178. The Labute approximate surface area is 116 Å². The van der Waals surface area contributed by atoms with Gasteiger partial charge in [0, 0.05) is 17.9 Å². The predicted molar refractivity (Wildman–Crippen MR) is 77.9 cm³/mol. The van der Waals surface area contributed by atoms with Crippen molar-refractivity contribution in [3.05, 3.63) is 29.3 Å². The first-order valence-electron chi connectivity index (χ1n) is 7.49. The standard InChI is InChI=1S/C17H24O2/c1-4-6-7-13(5-2)17(18)14-8-9-16-15(11-14)10-12(3)19-16/h8-9,11-13H,4-7,10H2,1-3H3. The molecular formula is C17H24O2. The summed E-state index contributed by atoms with van der Waals surface area (Å²) in [7, 11) is 0. The minimum atomic E-state index is 0.178. The Morgan fingerprint density at radius 2 is 2.21 bits per heavy atom. The molecule has 2 nitrogen and oxygen atoms in total. The summed E-state index contributed by atoms with van der Waals surface area (Å²) in [5.74, 6) is 1.43. The van der Waals surface area contributed by atoms with E-state index in [1.807, 2.05) is 18.2 Å². The van der Waals surface area contributed by atoms with Crippen LogP contribution in [0.1, 0.15) is 62.4 Å². The maximum atomic E-state index is 12.5. The zero-order valence-electron chi connectivity index (χ0n) is 12.2. The van der Waals surface area contributed by atoms with E-state index in [0.29, 0.717) is 5.78 Å². The summed E-state index contributed by atoms with van der Waals surface area (Å²) in [6, 6.07) is 5.92. The Morgan fingerprint density at radius 1 is 1.42 bits per heavy atom. The molecule has 0 aliphatic carbocycles. The molecule has 1 heterocycles. The van der Waals surface area contributed by atoms with Crippen LogP contribution in [0.25, 0.3) is 0 Å². The van der Waals surface area contributed by atoms with Crippen LogP contribution in [0.2, 0.25) is 0 Å². The van der Waals surface area contributed by atoms with Crippen LogP contribution in [0, 0.1) is 5.92 Å². The Balaban J connectivity index is 2.13. The normalized spacial score (nSPS) is 18.8. The second-order valence-corrected chi connectivity index (χ2v) is 5.57. The number of Topliss-reactive ketones (excluding diaryl/α,β-unsaturated/α-hetero) is 1. The molecule has 2 rings (SSSR count). The molecule has 0 N–H and O–H groups in total. The van der Waals surface area contributed by atoms with Gasteiger partial charge in [-0.05, 0) is 43.5 Å². The molecule has 0 saturated heterocycles. The Bertz CT molecular complexity index is 451. The molecule has 1 aliphatic rings. The molecule has 0 fully saturated rings. The first-order chi connectivity index (χ1) is 9.15. The summed E-state index contributed by atoms with van der Waals surface area (Å²) in [4.78, 5) is 12.5. The minimum Gasteiger partial charge on any atom is -0.490 e. The molecule has 2 heteroatoms. The highest BCUT2D eigenvalue weighted by atomic mass is 16.5. The average molecular weight is 260 g/mol. The summed E-state index contributed by atoms with van der Waals surface area (Å²) in [5.41, 5.74) is 2.04. The first kappa shape index (κ1) is 14.1. The molecule has 19 heavy (non-hydrogen) atoms. The van der Waals surface area contributed by atoms with E-state index in [1.54, 1.807) is 0 Å². The van der Waals surface area contributed by atoms with Gasteiger partial charge in [-0.3, -0.25) is 4.79 Å². The van der Waals surface area contributed by atoms with E-state index in [0.717, 1.165) is 43.4 Å². The second kappa shape index (κ2) is 6.23. The first-order valence-corrected chi connectivity index (χ1v) is 7.49. The summed E-state index contributed by atoms with van der Waals surface area (Å²) < 4.78 is 5.68. The van der Waals surface area contributed by atoms with Crippen LogP contribution >= 0.6 is 0 Å². The van der Waals surface area contributed by atoms with Gasteiger partial charge in [-0.15, -0.1) is 0 Å². The van der Waals surface area contributed by atoms with Crippen molar-refractivity contribution < 1.29 is 9.53 Å². The van der Waals surface area contributed by atoms with E-state index in [9.17, 15) is 4.79 Å². The van der Waals surface area contributed by atoms with Gasteiger partial charge in [0.05, 0.1) is 0 Å². The number of benzene rings is 1. The third kappa shape index (κ3) is 3.17. The third-order valence-corrected chi connectivity index (χ3v) is 3.95. The number of ether oxygens (including phenoxy) is 1. The fraction of sp³-hybridized carbons (Fsp3) is 0.588. The summed E-state index contributed by atoms with van der Waals surface area (Å²) in [6.07, 6.45) is 5.39. The molecule has 0 spiro atoms. The zero-order chi connectivity index (χ0) is 13.8. The molecule has 0 amide bonds. The molecule has 2 atom stereocenters. The lowest BCUT2D eigenvalue weighted by Gasteiger charge is -2.13. The number of hydrogen-bond acceptors (Lipinski definition) is 2. The highest BCUT2D eigenvalue weighted by Crippen LogP contribution is 2.30.